The average Bonchev–Trinajstić information content (AvgIpc) is 2.81. The van der Waals surface area contributed by atoms with E-state index in [1.54, 1.807) is 43.7 Å². The van der Waals surface area contributed by atoms with Crippen LogP contribution in [0.1, 0.15) is 11.7 Å². The van der Waals surface area contributed by atoms with Crippen molar-refractivity contribution < 1.29 is 13.2 Å². The fraction of sp³-hybridized carbons (Fsp3) is 0.286. The molecule has 1 atom stereocenters. The summed E-state index contributed by atoms with van der Waals surface area (Å²) >= 11 is 5.44. The van der Waals surface area contributed by atoms with Gasteiger partial charge in [-0.1, -0.05) is 12.1 Å². The number of aromatic nitrogens is 3. The molecule has 1 aliphatic rings. The largest absolute Gasteiger partial charge is 0.370 e. The van der Waals surface area contributed by atoms with Gasteiger partial charge in [0, 0.05) is 43.3 Å². The smallest absolute Gasteiger partial charge is 0.255 e. The summed E-state index contributed by atoms with van der Waals surface area (Å²) in [5, 5.41) is -0.514. The Balaban J connectivity index is 1.57. The topological polar surface area (TPSA) is 106 Å². The SMILES string of the molecule is Cn1c(N2CCO[C@@H](c3ccc(NS(=O)(=O)CCl)cc3)C2)nc(-c2ccncc2)cc1=O. The van der Waals surface area contributed by atoms with Gasteiger partial charge in [0.1, 0.15) is 11.3 Å². The maximum atomic E-state index is 12.6. The number of hydrogen-bond donors (Lipinski definition) is 1. The van der Waals surface area contributed by atoms with Crippen LogP contribution in [0, 0.1) is 0 Å². The molecule has 1 fully saturated rings. The molecule has 0 amide bonds. The van der Waals surface area contributed by atoms with Crippen molar-refractivity contribution in [2.45, 2.75) is 6.10 Å². The maximum absolute atomic E-state index is 12.6. The number of rotatable bonds is 6. The van der Waals surface area contributed by atoms with Crippen LogP contribution in [0.5, 0.6) is 0 Å². The first-order chi connectivity index (χ1) is 15.4. The van der Waals surface area contributed by atoms with E-state index in [1.165, 1.54) is 10.6 Å². The summed E-state index contributed by atoms with van der Waals surface area (Å²) in [6, 6.07) is 12.1. The first-order valence-electron chi connectivity index (χ1n) is 9.88. The highest BCUT2D eigenvalue weighted by molar-refractivity contribution is 7.93. The Morgan fingerprint density at radius 3 is 2.59 bits per heavy atom. The first-order valence-corrected chi connectivity index (χ1v) is 12.1. The zero-order chi connectivity index (χ0) is 22.7. The Kier molecular flexibility index (Phi) is 6.45. The molecule has 0 spiro atoms. The third kappa shape index (κ3) is 4.93. The van der Waals surface area contributed by atoms with Crippen LogP contribution in [-0.4, -0.2) is 47.9 Å². The summed E-state index contributed by atoms with van der Waals surface area (Å²) in [4.78, 5) is 23.4. The van der Waals surface area contributed by atoms with E-state index in [-0.39, 0.29) is 11.7 Å². The quantitative estimate of drug-likeness (QED) is 0.545. The minimum Gasteiger partial charge on any atom is -0.370 e. The van der Waals surface area contributed by atoms with Crippen molar-refractivity contribution in [3.05, 3.63) is 70.8 Å². The van der Waals surface area contributed by atoms with Crippen LogP contribution in [0.2, 0.25) is 0 Å². The molecule has 4 rings (SSSR count). The molecule has 0 unspecified atom stereocenters. The predicted molar refractivity (Wildman–Crippen MR) is 123 cm³/mol. The van der Waals surface area contributed by atoms with E-state index in [2.05, 4.69) is 9.71 Å². The maximum Gasteiger partial charge on any atom is 0.255 e. The van der Waals surface area contributed by atoms with E-state index >= 15 is 0 Å². The molecule has 1 aliphatic heterocycles. The number of hydrogen-bond acceptors (Lipinski definition) is 7. The van der Waals surface area contributed by atoms with Crippen molar-refractivity contribution in [2.75, 3.05) is 34.5 Å². The van der Waals surface area contributed by atoms with Gasteiger partial charge in [0.05, 0.1) is 18.8 Å². The summed E-state index contributed by atoms with van der Waals surface area (Å²) in [6.45, 7) is 1.54. The van der Waals surface area contributed by atoms with Gasteiger partial charge in [-0.25, -0.2) is 13.4 Å². The molecule has 0 aliphatic carbocycles. The number of pyridine rings is 1. The van der Waals surface area contributed by atoms with Crippen molar-refractivity contribution in [1.29, 1.82) is 0 Å². The lowest BCUT2D eigenvalue weighted by molar-refractivity contribution is 0.0390. The van der Waals surface area contributed by atoms with E-state index in [9.17, 15) is 13.2 Å². The summed E-state index contributed by atoms with van der Waals surface area (Å²) in [6.07, 6.45) is 3.06. The van der Waals surface area contributed by atoms with Gasteiger partial charge >= 0.3 is 0 Å². The number of anilines is 2. The van der Waals surface area contributed by atoms with E-state index in [1.807, 2.05) is 17.0 Å². The van der Waals surface area contributed by atoms with E-state index in [0.29, 0.717) is 37.0 Å². The zero-order valence-corrected chi connectivity index (χ0v) is 18.9. The molecule has 2 aromatic heterocycles. The highest BCUT2D eigenvalue weighted by Gasteiger charge is 2.25. The Morgan fingerprint density at radius 1 is 1.19 bits per heavy atom. The Labute approximate surface area is 190 Å². The van der Waals surface area contributed by atoms with Crippen molar-refractivity contribution in [3.63, 3.8) is 0 Å². The minimum absolute atomic E-state index is 0.152. The van der Waals surface area contributed by atoms with Crippen LogP contribution in [0.15, 0.2) is 59.7 Å². The normalized spacial score (nSPS) is 16.7. The molecule has 0 radical (unpaired) electrons. The molecule has 168 valence electrons. The number of ether oxygens (including phenoxy) is 1. The monoisotopic (exact) mass is 475 g/mol. The first kappa shape index (κ1) is 22.3. The second kappa shape index (κ2) is 9.27. The fourth-order valence-corrected chi connectivity index (χ4v) is 4.20. The molecule has 1 N–H and O–H groups in total. The lowest BCUT2D eigenvalue weighted by Crippen LogP contribution is -2.41. The van der Waals surface area contributed by atoms with Crippen molar-refractivity contribution in [1.82, 2.24) is 14.5 Å². The molecule has 0 saturated carbocycles. The number of benzene rings is 1. The number of morpholine rings is 1. The summed E-state index contributed by atoms with van der Waals surface area (Å²) in [5.41, 5.74) is 2.57. The van der Waals surface area contributed by atoms with Gasteiger partial charge < -0.3 is 9.64 Å². The molecular weight excluding hydrogens is 454 g/mol. The second-order valence-corrected chi connectivity index (χ2v) is 9.63. The lowest BCUT2D eigenvalue weighted by atomic mass is 10.1. The third-order valence-corrected chi connectivity index (χ3v) is 6.83. The summed E-state index contributed by atoms with van der Waals surface area (Å²) < 4.78 is 33.1. The third-order valence-electron chi connectivity index (χ3n) is 5.14. The average molecular weight is 476 g/mol. The van der Waals surface area contributed by atoms with Gasteiger partial charge in [0.2, 0.25) is 16.0 Å². The standard InChI is InChI=1S/C21H22ClN5O4S/c1-26-20(28)12-18(15-6-8-23-9-7-15)24-21(26)27-10-11-31-19(13-27)16-2-4-17(5-3-16)25-32(29,30)14-22/h2-9,12,19,25H,10-11,13-14H2,1H3/t19-/m1/s1. The molecule has 11 heteroatoms. The Bertz CT molecular complexity index is 1250. The molecular formula is C21H22ClN5O4S. The number of sulfonamides is 1. The molecule has 1 aromatic carbocycles. The molecule has 32 heavy (non-hydrogen) atoms. The van der Waals surface area contributed by atoms with E-state index in [0.717, 1.165) is 11.1 Å². The van der Waals surface area contributed by atoms with E-state index < -0.39 is 15.2 Å². The van der Waals surface area contributed by atoms with Crippen LogP contribution >= 0.6 is 11.6 Å². The highest BCUT2D eigenvalue weighted by Crippen LogP contribution is 2.27. The van der Waals surface area contributed by atoms with Gasteiger partial charge in [-0.05, 0) is 29.8 Å². The summed E-state index contributed by atoms with van der Waals surface area (Å²) in [5.74, 6) is 0.559. The Morgan fingerprint density at radius 2 is 1.91 bits per heavy atom. The molecule has 0 bridgehead atoms. The number of nitrogens with one attached hydrogen (secondary N) is 1. The van der Waals surface area contributed by atoms with Crippen LogP contribution < -0.4 is 15.2 Å². The van der Waals surface area contributed by atoms with Gasteiger partial charge in [0.15, 0.2) is 0 Å². The van der Waals surface area contributed by atoms with Crippen LogP contribution in [0.25, 0.3) is 11.3 Å². The molecule has 1 saturated heterocycles. The number of nitrogens with zero attached hydrogens (tertiary/aromatic N) is 4. The lowest BCUT2D eigenvalue weighted by Gasteiger charge is -2.34. The fourth-order valence-electron chi connectivity index (χ4n) is 3.49. The highest BCUT2D eigenvalue weighted by atomic mass is 35.5. The minimum atomic E-state index is -3.56. The van der Waals surface area contributed by atoms with Gasteiger partial charge in [-0.15, -0.1) is 11.6 Å². The van der Waals surface area contributed by atoms with E-state index in [4.69, 9.17) is 21.3 Å². The Hall–Kier alpha value is -2.95. The summed E-state index contributed by atoms with van der Waals surface area (Å²) in [7, 11) is -1.86. The zero-order valence-electron chi connectivity index (χ0n) is 17.3. The van der Waals surface area contributed by atoms with Crippen molar-refractivity contribution >= 4 is 33.3 Å². The van der Waals surface area contributed by atoms with Crippen LogP contribution in [0.3, 0.4) is 0 Å². The van der Waals surface area contributed by atoms with Crippen molar-refractivity contribution in [3.8, 4) is 11.3 Å². The van der Waals surface area contributed by atoms with Gasteiger partial charge in [0.25, 0.3) is 5.56 Å². The van der Waals surface area contributed by atoms with Crippen molar-refractivity contribution in [2.24, 2.45) is 7.05 Å². The molecule has 9 nitrogen and oxygen atoms in total. The molecule has 3 aromatic rings. The van der Waals surface area contributed by atoms with Gasteiger partial charge in [-0.3, -0.25) is 19.1 Å². The second-order valence-electron chi connectivity index (χ2n) is 7.33. The number of alkyl halides is 1. The van der Waals surface area contributed by atoms with Gasteiger partial charge in [-0.2, -0.15) is 0 Å². The number of halogens is 1. The van der Waals surface area contributed by atoms with Crippen LogP contribution in [-0.2, 0) is 21.8 Å². The van der Waals surface area contributed by atoms with Crippen LogP contribution in [0.4, 0.5) is 11.6 Å². The molecule has 3 heterocycles. The predicted octanol–water partition coefficient (Wildman–Crippen LogP) is 2.36.